The fourth-order valence-corrected chi connectivity index (χ4v) is 0.390. The summed E-state index contributed by atoms with van der Waals surface area (Å²) in [5.41, 5.74) is 0.200. The van der Waals surface area contributed by atoms with Crippen LogP contribution in [0.3, 0.4) is 0 Å². The van der Waals surface area contributed by atoms with E-state index < -0.39 is 0 Å². The standard InChI is InChI=1S/C7H15NO.C2H6.H2/c1-6(9)8-5-7(2,3)4;1-2;/h5H2,1-4H3,(H,8,9);1-2H3;1H. The van der Waals surface area contributed by atoms with Crippen LogP contribution < -0.4 is 5.32 Å². The molecule has 0 unspecified atom stereocenters. The second kappa shape index (κ2) is 6.20. The van der Waals surface area contributed by atoms with Crippen LogP contribution in [-0.4, -0.2) is 12.5 Å². The molecule has 0 bridgehead atoms. The van der Waals surface area contributed by atoms with Crippen molar-refractivity contribution in [2.24, 2.45) is 5.41 Å². The van der Waals surface area contributed by atoms with Gasteiger partial charge in [0.1, 0.15) is 0 Å². The van der Waals surface area contributed by atoms with Gasteiger partial charge in [0.15, 0.2) is 0 Å². The molecule has 0 heterocycles. The molecule has 0 aromatic heterocycles. The largest absolute Gasteiger partial charge is 0.356 e. The van der Waals surface area contributed by atoms with Gasteiger partial charge in [0.25, 0.3) is 0 Å². The quantitative estimate of drug-likeness (QED) is 0.629. The van der Waals surface area contributed by atoms with Crippen LogP contribution in [0.5, 0.6) is 0 Å². The molecule has 0 aromatic carbocycles. The highest BCUT2D eigenvalue weighted by Crippen LogP contribution is 2.09. The summed E-state index contributed by atoms with van der Waals surface area (Å²) in [7, 11) is 0. The van der Waals surface area contributed by atoms with E-state index in [0.717, 1.165) is 6.54 Å². The zero-order valence-electron chi connectivity index (χ0n) is 8.62. The van der Waals surface area contributed by atoms with Crippen molar-refractivity contribution in [2.75, 3.05) is 6.54 Å². The molecule has 0 saturated carbocycles. The van der Waals surface area contributed by atoms with Crippen LogP contribution in [0.25, 0.3) is 0 Å². The molecule has 0 spiro atoms. The maximum absolute atomic E-state index is 10.4. The third-order valence-corrected chi connectivity index (χ3v) is 0.868. The maximum atomic E-state index is 10.4. The van der Waals surface area contributed by atoms with Crippen molar-refractivity contribution in [2.45, 2.75) is 41.5 Å². The Morgan fingerprint density at radius 1 is 1.36 bits per heavy atom. The van der Waals surface area contributed by atoms with Gasteiger partial charge in [-0.15, -0.1) is 0 Å². The SMILES string of the molecule is CC.CC(=O)NCC(C)(C)C.[HH]. The van der Waals surface area contributed by atoms with E-state index in [1.54, 1.807) is 0 Å². The number of carbonyl (C=O) groups is 1. The summed E-state index contributed by atoms with van der Waals surface area (Å²) in [4.78, 5) is 10.4. The van der Waals surface area contributed by atoms with Crippen molar-refractivity contribution >= 4 is 5.91 Å². The van der Waals surface area contributed by atoms with E-state index in [-0.39, 0.29) is 12.7 Å². The Morgan fingerprint density at radius 2 is 1.73 bits per heavy atom. The molecule has 0 fully saturated rings. The Morgan fingerprint density at radius 3 is 1.82 bits per heavy atom. The molecular weight excluding hydrogens is 138 g/mol. The lowest BCUT2D eigenvalue weighted by molar-refractivity contribution is -0.119. The molecule has 11 heavy (non-hydrogen) atoms. The minimum Gasteiger partial charge on any atom is -0.356 e. The number of hydrogen-bond acceptors (Lipinski definition) is 1. The van der Waals surface area contributed by atoms with E-state index in [1.807, 2.05) is 13.8 Å². The maximum Gasteiger partial charge on any atom is 0.216 e. The van der Waals surface area contributed by atoms with E-state index in [1.165, 1.54) is 6.92 Å². The van der Waals surface area contributed by atoms with Crippen LogP contribution in [0.2, 0.25) is 0 Å². The van der Waals surface area contributed by atoms with E-state index in [9.17, 15) is 4.79 Å². The third kappa shape index (κ3) is 17.7. The lowest BCUT2D eigenvalue weighted by Gasteiger charge is -2.17. The molecule has 70 valence electrons. The third-order valence-electron chi connectivity index (χ3n) is 0.868. The molecule has 2 nitrogen and oxygen atoms in total. The van der Waals surface area contributed by atoms with Gasteiger partial charge in [-0.1, -0.05) is 34.6 Å². The molecule has 2 heteroatoms. The normalized spacial score (nSPS) is 9.64. The van der Waals surface area contributed by atoms with Gasteiger partial charge < -0.3 is 5.32 Å². The second-order valence-corrected chi connectivity index (χ2v) is 3.47. The van der Waals surface area contributed by atoms with Gasteiger partial charge in [-0.05, 0) is 5.41 Å². The zero-order chi connectivity index (χ0) is 9.49. The van der Waals surface area contributed by atoms with Gasteiger partial charge in [0.2, 0.25) is 5.91 Å². The smallest absolute Gasteiger partial charge is 0.216 e. The van der Waals surface area contributed by atoms with Crippen molar-refractivity contribution in [1.29, 1.82) is 0 Å². The van der Waals surface area contributed by atoms with Crippen LogP contribution in [0, 0.1) is 5.41 Å². The Hall–Kier alpha value is -0.530. The average Bonchev–Trinajstić information content (AvgIpc) is 1.87. The van der Waals surface area contributed by atoms with Crippen molar-refractivity contribution in [3.63, 3.8) is 0 Å². The van der Waals surface area contributed by atoms with Gasteiger partial charge in [-0.25, -0.2) is 0 Å². The van der Waals surface area contributed by atoms with Gasteiger partial charge in [-0.3, -0.25) is 4.79 Å². The molecule has 1 N–H and O–H groups in total. The van der Waals surface area contributed by atoms with Crippen molar-refractivity contribution in [3.8, 4) is 0 Å². The average molecular weight is 161 g/mol. The van der Waals surface area contributed by atoms with Crippen LogP contribution in [0.4, 0.5) is 0 Å². The molecule has 0 aliphatic rings. The van der Waals surface area contributed by atoms with Crippen molar-refractivity contribution in [3.05, 3.63) is 0 Å². The zero-order valence-corrected chi connectivity index (χ0v) is 8.62. The molecule has 0 aliphatic carbocycles. The van der Waals surface area contributed by atoms with Gasteiger partial charge in [0, 0.05) is 14.9 Å². The minimum atomic E-state index is 0. The summed E-state index contributed by atoms with van der Waals surface area (Å²) in [5.74, 6) is 0.0462. The minimum absolute atomic E-state index is 0. The highest BCUT2D eigenvalue weighted by Gasteiger charge is 2.09. The molecule has 1 amide bonds. The van der Waals surface area contributed by atoms with Gasteiger partial charge >= 0.3 is 0 Å². The molecular formula is C9H23NO. The summed E-state index contributed by atoms with van der Waals surface area (Å²) in [6, 6.07) is 0. The second-order valence-electron chi connectivity index (χ2n) is 3.47. The molecule has 0 atom stereocenters. The van der Waals surface area contributed by atoms with E-state index in [2.05, 4.69) is 26.1 Å². The number of amides is 1. The van der Waals surface area contributed by atoms with Crippen LogP contribution >= 0.6 is 0 Å². The summed E-state index contributed by atoms with van der Waals surface area (Å²) < 4.78 is 0. The number of nitrogens with one attached hydrogen (secondary N) is 1. The molecule has 0 rings (SSSR count). The van der Waals surface area contributed by atoms with Crippen molar-refractivity contribution in [1.82, 2.24) is 5.32 Å². The first kappa shape index (κ1) is 13.1. The van der Waals surface area contributed by atoms with Crippen LogP contribution in [-0.2, 0) is 4.79 Å². The van der Waals surface area contributed by atoms with Gasteiger partial charge in [-0.2, -0.15) is 0 Å². The Bertz CT molecular complexity index is 108. The molecule has 0 saturated heterocycles. The first-order valence-corrected chi connectivity index (χ1v) is 4.16. The fraction of sp³-hybridized carbons (Fsp3) is 0.889. The van der Waals surface area contributed by atoms with E-state index in [0.29, 0.717) is 0 Å². The molecule has 0 radical (unpaired) electrons. The topological polar surface area (TPSA) is 29.1 Å². The lowest BCUT2D eigenvalue weighted by atomic mass is 9.97. The summed E-state index contributed by atoms with van der Waals surface area (Å²) in [6.45, 7) is 12.5. The predicted molar refractivity (Wildman–Crippen MR) is 51.6 cm³/mol. The van der Waals surface area contributed by atoms with Crippen LogP contribution in [0.1, 0.15) is 43.0 Å². The van der Waals surface area contributed by atoms with Crippen molar-refractivity contribution < 1.29 is 6.22 Å². The summed E-state index contributed by atoms with van der Waals surface area (Å²) in [6.07, 6.45) is 0. The first-order chi connectivity index (χ1) is 4.92. The fourth-order valence-electron chi connectivity index (χ4n) is 0.390. The Kier molecular flexibility index (Phi) is 7.37. The monoisotopic (exact) mass is 161 g/mol. The first-order valence-electron chi connectivity index (χ1n) is 4.16. The summed E-state index contributed by atoms with van der Waals surface area (Å²) >= 11 is 0. The highest BCUT2D eigenvalue weighted by molar-refractivity contribution is 5.72. The lowest BCUT2D eigenvalue weighted by Crippen LogP contribution is -2.30. The highest BCUT2D eigenvalue weighted by atomic mass is 16.1. The Balaban J connectivity index is -0.000000249. The number of rotatable bonds is 1. The van der Waals surface area contributed by atoms with E-state index in [4.69, 9.17) is 0 Å². The number of carbonyl (C=O) groups excluding carboxylic acids is 1. The Labute approximate surface area is 71.9 Å². The predicted octanol–water partition coefficient (Wildman–Crippen LogP) is 2.44. The van der Waals surface area contributed by atoms with Crippen LogP contribution in [0.15, 0.2) is 0 Å². The molecule has 0 aromatic rings. The summed E-state index contributed by atoms with van der Waals surface area (Å²) in [5, 5.41) is 2.75. The molecule has 0 aliphatic heterocycles. The van der Waals surface area contributed by atoms with Gasteiger partial charge in [0.05, 0.1) is 0 Å². The number of hydrogen-bond donors (Lipinski definition) is 1. The van der Waals surface area contributed by atoms with E-state index >= 15 is 0 Å².